The molecular formula is C90H159N5O31. The van der Waals surface area contributed by atoms with E-state index in [4.69, 9.17) is 52.1 Å². The van der Waals surface area contributed by atoms with Crippen LogP contribution < -0.4 is 21.3 Å². The molecule has 4 saturated heterocycles. The summed E-state index contributed by atoms with van der Waals surface area (Å²) < 4.78 is 61.8. The Bertz CT molecular complexity index is 2790. The van der Waals surface area contributed by atoms with Crippen LogP contribution >= 0.6 is 0 Å². The molecule has 126 heavy (non-hydrogen) atoms. The number of aliphatic hydroxyl groups is 10. The number of ether oxygens (including phenoxy) is 11. The maximum Gasteiger partial charge on any atom is 0.305 e. The minimum atomic E-state index is -1.23. The zero-order valence-corrected chi connectivity index (χ0v) is 75.8. The molecule has 4 heterocycles. The third kappa shape index (κ3) is 47.6. The maximum atomic E-state index is 14.2. The molecule has 4 aliphatic rings. The minimum Gasteiger partial charge on any atom is -0.466 e. The quantitative estimate of drug-likeness (QED) is 0.0297. The number of hydrogen-bond donors (Lipinski definition) is 14. The molecule has 730 valence electrons. The highest BCUT2D eigenvalue weighted by Gasteiger charge is 2.45. The van der Waals surface area contributed by atoms with Gasteiger partial charge in [0.25, 0.3) is 0 Å². The van der Waals surface area contributed by atoms with Crippen molar-refractivity contribution in [3.8, 4) is 0 Å². The number of unbranched alkanes of at least 4 members (excludes halogenated alkanes) is 14. The smallest absolute Gasteiger partial charge is 0.305 e. The first kappa shape index (κ1) is 113. The Morgan fingerprint density at radius 2 is 0.738 bits per heavy atom. The first-order valence-corrected chi connectivity index (χ1v) is 46.9. The van der Waals surface area contributed by atoms with Crippen LogP contribution in [0, 0.1) is 23.2 Å². The number of carbonyl (C=O) groups is 10. The van der Waals surface area contributed by atoms with E-state index in [1.54, 1.807) is 32.8 Å². The predicted octanol–water partition coefficient (Wildman–Crippen LogP) is 4.36. The lowest BCUT2D eigenvalue weighted by atomic mass is 9.71. The van der Waals surface area contributed by atoms with Gasteiger partial charge in [-0.05, 0) is 121 Å². The Morgan fingerprint density at radius 3 is 1.21 bits per heavy atom. The molecule has 4 fully saturated rings. The molecule has 0 bridgehead atoms. The van der Waals surface area contributed by atoms with Crippen LogP contribution in [0.25, 0.3) is 0 Å². The number of ketones is 3. The Kier molecular flexibility index (Phi) is 60.6. The topological polar surface area (TPSA) is 526 Å². The third-order valence-electron chi connectivity index (χ3n) is 24.0. The summed E-state index contributed by atoms with van der Waals surface area (Å²) in [7, 11) is 1.55. The highest BCUT2D eigenvalue weighted by molar-refractivity contribution is 5.85. The molecule has 0 spiro atoms. The van der Waals surface area contributed by atoms with Gasteiger partial charge in [0.2, 0.25) is 29.5 Å². The van der Waals surface area contributed by atoms with Gasteiger partial charge in [0.05, 0.1) is 110 Å². The van der Waals surface area contributed by atoms with E-state index >= 15 is 0 Å². The molecular weight excluding hydrogens is 1650 g/mol. The number of rotatable bonds is 75. The number of Topliss-reactive ketones (excluding diaryl/α,β-unsaturated/α-hetero) is 3. The standard InChI is InChI=1S/C90H159N5O31/c1-63-81(110)84(113)71(58-96)124-87(63)121-47-24-31-67(99)29-14-8-5-11-21-43-91-74(103)32-19-20-40-90(41-27-50-119-79(108)36-15-9-6-12-22-44-92-75(104)33-25-48-122-88-64(2)82(111)85(114)72(59-97)125-88,42-28-51-120-80(109)37-16-10-7-13-23-45-93-76(105)34-26-49-123-89-65(3)83(112)86(115)73(60-98)126-89)56-68(100)38-39-77(106)94-46-52-117-53-54-118-62-69(101)30-17-18-35-78(107)95-57-70(102)55-66(95)61-116-4/h63-66,70-73,81-89,96-98,102,110-115H,5-62H2,1-4H3,(H,91,103)(H,92,104)(H,93,105)(H,94,106)/t63?,64?,65?,66-,70+,71?,72?,73?,81?,82?,83?,84?,85?,86?,87?,88?,89?,90?/m1/s1. The Hall–Kier alpha value is -5.46. The molecule has 0 aromatic heterocycles. The lowest BCUT2D eigenvalue weighted by Gasteiger charge is -2.40. The zero-order valence-electron chi connectivity index (χ0n) is 75.8. The summed E-state index contributed by atoms with van der Waals surface area (Å²) in [6.45, 7) is 6.94. The Labute approximate surface area is 745 Å². The number of carbonyl (C=O) groups excluding carboxylic acids is 10. The first-order valence-electron chi connectivity index (χ1n) is 46.9. The maximum absolute atomic E-state index is 14.2. The van der Waals surface area contributed by atoms with E-state index in [1.807, 2.05) is 0 Å². The van der Waals surface area contributed by atoms with Crippen LogP contribution in [-0.4, -0.2) is 326 Å². The molecule has 36 heteroatoms. The normalized spacial score (nSPS) is 24.8. The van der Waals surface area contributed by atoms with Crippen molar-refractivity contribution in [1.29, 1.82) is 0 Å². The number of amides is 5. The van der Waals surface area contributed by atoms with Gasteiger partial charge in [0, 0.05) is 135 Å². The van der Waals surface area contributed by atoms with E-state index in [1.165, 1.54) is 0 Å². The third-order valence-corrected chi connectivity index (χ3v) is 24.0. The predicted molar refractivity (Wildman–Crippen MR) is 460 cm³/mol. The summed E-state index contributed by atoms with van der Waals surface area (Å²) in [5, 5.41) is 111. The number of methoxy groups -OCH3 is 1. The second kappa shape index (κ2) is 67.7. The van der Waals surface area contributed by atoms with Crippen LogP contribution in [-0.2, 0) is 100 Å². The molecule has 0 radical (unpaired) electrons. The van der Waals surface area contributed by atoms with E-state index in [2.05, 4.69) is 21.3 Å². The van der Waals surface area contributed by atoms with Crippen LogP contribution in [0.4, 0.5) is 0 Å². The molecule has 14 N–H and O–H groups in total. The zero-order chi connectivity index (χ0) is 92.3. The second-order valence-corrected chi connectivity index (χ2v) is 34.6. The van der Waals surface area contributed by atoms with Crippen molar-refractivity contribution >= 4 is 58.8 Å². The molecule has 36 nitrogen and oxygen atoms in total. The van der Waals surface area contributed by atoms with Gasteiger partial charge in [0.15, 0.2) is 24.7 Å². The molecule has 4 rings (SSSR count). The molecule has 17 atom stereocenters. The van der Waals surface area contributed by atoms with Crippen molar-refractivity contribution in [2.45, 2.75) is 364 Å². The van der Waals surface area contributed by atoms with Crippen LogP contribution in [0.15, 0.2) is 0 Å². The molecule has 0 aromatic rings. The number of hydrogen-bond acceptors (Lipinski definition) is 31. The summed E-state index contributed by atoms with van der Waals surface area (Å²) in [4.78, 5) is 132. The second-order valence-electron chi connectivity index (χ2n) is 34.6. The first-order chi connectivity index (χ1) is 60.7. The highest BCUT2D eigenvalue weighted by Crippen LogP contribution is 2.41. The van der Waals surface area contributed by atoms with Crippen LogP contribution in [0.3, 0.4) is 0 Å². The number of aliphatic hydroxyl groups excluding tert-OH is 10. The van der Waals surface area contributed by atoms with Crippen molar-refractivity contribution < 1.29 is 151 Å². The number of esters is 2. The molecule has 0 aliphatic carbocycles. The van der Waals surface area contributed by atoms with Crippen LogP contribution in [0.1, 0.15) is 278 Å². The van der Waals surface area contributed by atoms with Crippen LogP contribution in [0.5, 0.6) is 0 Å². The van der Waals surface area contributed by atoms with Gasteiger partial charge in [-0.3, -0.25) is 47.9 Å². The summed E-state index contributed by atoms with van der Waals surface area (Å²) in [6.07, 6.45) is 6.92. The Balaban J connectivity index is 1.26. The van der Waals surface area contributed by atoms with Gasteiger partial charge >= 0.3 is 11.9 Å². The van der Waals surface area contributed by atoms with E-state index in [9.17, 15) is 99.0 Å². The van der Waals surface area contributed by atoms with Crippen molar-refractivity contribution in [3.05, 3.63) is 0 Å². The minimum absolute atomic E-state index is 0.0663. The molecule has 15 unspecified atom stereocenters. The summed E-state index contributed by atoms with van der Waals surface area (Å²) in [6, 6.07) is -0.163. The van der Waals surface area contributed by atoms with Crippen molar-refractivity contribution in [2.75, 3.05) is 126 Å². The van der Waals surface area contributed by atoms with Gasteiger partial charge in [-0.15, -0.1) is 0 Å². The average molecular weight is 1810 g/mol. The molecule has 4 aliphatic heterocycles. The van der Waals surface area contributed by atoms with Gasteiger partial charge in [-0.2, -0.15) is 0 Å². The van der Waals surface area contributed by atoms with E-state index < -0.39 is 123 Å². The van der Waals surface area contributed by atoms with Gasteiger partial charge in [-0.1, -0.05) is 85.0 Å². The van der Waals surface area contributed by atoms with E-state index in [0.29, 0.717) is 135 Å². The number of likely N-dealkylation sites (tertiary alicyclic amines) is 1. The summed E-state index contributed by atoms with van der Waals surface area (Å²) in [5.74, 6) is -3.28. The summed E-state index contributed by atoms with van der Waals surface area (Å²) >= 11 is 0. The van der Waals surface area contributed by atoms with Crippen molar-refractivity contribution in [2.24, 2.45) is 23.2 Å². The SMILES string of the molecule is COC[C@H]1C[C@H](O)CN1C(=O)CCCCC(=O)COCCOCCNC(=O)CCC(=O)CC(CCCCC(=O)NCCCCCCCC(=O)CCCOC1OC(CO)C(O)C(O)C1C)(CCCOC(=O)CCCCCCCNC(=O)CCCOC1OC(CO)C(O)C(O)C1C)CCCOC(=O)CCCCCCCNC(=O)CCCOC1OC(CO)C(O)C(O)C1C. The monoisotopic (exact) mass is 1810 g/mol. The highest BCUT2D eigenvalue weighted by atomic mass is 16.7. The largest absolute Gasteiger partial charge is 0.466 e. The number of nitrogens with zero attached hydrogens (tertiary/aromatic N) is 1. The van der Waals surface area contributed by atoms with Gasteiger partial charge in [0.1, 0.15) is 54.8 Å². The van der Waals surface area contributed by atoms with Crippen molar-refractivity contribution in [3.63, 3.8) is 0 Å². The van der Waals surface area contributed by atoms with E-state index in [0.717, 1.165) is 83.5 Å². The fourth-order valence-corrected chi connectivity index (χ4v) is 16.2. The Morgan fingerprint density at radius 1 is 0.365 bits per heavy atom. The molecule has 5 amide bonds. The van der Waals surface area contributed by atoms with Gasteiger partial charge < -0.3 is 129 Å². The fourth-order valence-electron chi connectivity index (χ4n) is 16.2. The number of β-amino-alcohol motifs (C(OH)–C–C–N with tert-alkyl or cyclic N) is 1. The fraction of sp³-hybridized carbons (Fsp3) is 0.889. The average Bonchev–Trinajstić information content (AvgIpc) is 1.16. The lowest BCUT2D eigenvalue weighted by Crippen LogP contribution is -2.55. The van der Waals surface area contributed by atoms with E-state index in [-0.39, 0.29) is 202 Å². The van der Waals surface area contributed by atoms with Gasteiger partial charge in [-0.25, -0.2) is 0 Å². The van der Waals surface area contributed by atoms with Crippen molar-refractivity contribution in [1.82, 2.24) is 26.2 Å². The number of nitrogens with one attached hydrogen (secondary N) is 4. The lowest BCUT2D eigenvalue weighted by molar-refractivity contribution is -0.282. The molecule has 0 aromatic carbocycles. The van der Waals surface area contributed by atoms with Crippen LogP contribution in [0.2, 0.25) is 0 Å². The summed E-state index contributed by atoms with van der Waals surface area (Å²) in [5.41, 5.74) is -0.693. The molecule has 0 saturated carbocycles.